The summed E-state index contributed by atoms with van der Waals surface area (Å²) in [4.78, 5) is 18.3. The van der Waals surface area contributed by atoms with E-state index >= 15 is 0 Å². The van der Waals surface area contributed by atoms with Gasteiger partial charge in [0.15, 0.2) is 5.13 Å². The Morgan fingerprint density at radius 3 is 3.12 bits per heavy atom. The van der Waals surface area contributed by atoms with Crippen LogP contribution in [0.1, 0.15) is 38.3 Å². The van der Waals surface area contributed by atoms with Crippen molar-refractivity contribution in [2.24, 2.45) is 0 Å². The van der Waals surface area contributed by atoms with Crippen molar-refractivity contribution in [3.05, 3.63) is 11.1 Å². The van der Waals surface area contributed by atoms with Crippen LogP contribution in [0.3, 0.4) is 0 Å². The molecule has 1 aliphatic heterocycles. The van der Waals surface area contributed by atoms with Gasteiger partial charge in [0.05, 0.1) is 12.1 Å². The highest BCUT2D eigenvalue weighted by molar-refractivity contribution is 7.13. The van der Waals surface area contributed by atoms with Gasteiger partial charge in [-0.3, -0.25) is 4.79 Å². The zero-order valence-electron chi connectivity index (χ0n) is 10.2. The van der Waals surface area contributed by atoms with E-state index in [9.17, 15) is 4.79 Å². The average molecular weight is 253 g/mol. The van der Waals surface area contributed by atoms with Crippen molar-refractivity contribution in [3.63, 3.8) is 0 Å². The van der Waals surface area contributed by atoms with E-state index in [-0.39, 0.29) is 5.91 Å². The predicted molar refractivity (Wildman–Crippen MR) is 69.9 cm³/mol. The third-order valence-corrected chi connectivity index (χ3v) is 4.00. The number of rotatable bonds is 2. The van der Waals surface area contributed by atoms with E-state index < -0.39 is 0 Å². The number of carbonyl (C=O) groups is 1. The molecule has 1 aliphatic rings. The maximum Gasteiger partial charge on any atom is 0.228 e. The lowest BCUT2D eigenvalue weighted by atomic mass is 10.1. The van der Waals surface area contributed by atoms with Crippen molar-refractivity contribution in [3.8, 4) is 0 Å². The number of carbonyl (C=O) groups excluding carboxylic acids is 1. The highest BCUT2D eigenvalue weighted by Crippen LogP contribution is 2.18. The topological polar surface area (TPSA) is 59.2 Å². The van der Waals surface area contributed by atoms with Crippen LogP contribution in [0.4, 0.5) is 5.13 Å². The molecule has 0 bridgehead atoms. The zero-order valence-corrected chi connectivity index (χ0v) is 11.0. The number of hydrogen-bond acceptors (Lipinski definition) is 4. The summed E-state index contributed by atoms with van der Waals surface area (Å²) in [6.07, 6.45) is 5.09. The lowest BCUT2D eigenvalue weighted by Gasteiger charge is -2.26. The molecule has 1 saturated heterocycles. The number of amides is 1. The summed E-state index contributed by atoms with van der Waals surface area (Å²) in [6, 6.07) is 0.362. The summed E-state index contributed by atoms with van der Waals surface area (Å²) in [5.41, 5.74) is 6.37. The van der Waals surface area contributed by atoms with Crippen molar-refractivity contribution in [1.29, 1.82) is 0 Å². The van der Waals surface area contributed by atoms with Crippen molar-refractivity contribution in [1.82, 2.24) is 9.88 Å². The van der Waals surface area contributed by atoms with Gasteiger partial charge in [-0.1, -0.05) is 12.8 Å². The van der Waals surface area contributed by atoms with Gasteiger partial charge in [-0.05, 0) is 19.8 Å². The molecule has 0 aliphatic carbocycles. The van der Waals surface area contributed by atoms with Gasteiger partial charge in [-0.25, -0.2) is 4.98 Å². The minimum atomic E-state index is 0.185. The van der Waals surface area contributed by atoms with Crippen LogP contribution in [0.5, 0.6) is 0 Å². The molecule has 1 fully saturated rings. The Balaban J connectivity index is 1.98. The predicted octanol–water partition coefficient (Wildman–Crippen LogP) is 2.06. The number of likely N-dealkylation sites (tertiary alicyclic amines) is 1. The molecular weight excluding hydrogens is 234 g/mol. The molecule has 0 spiro atoms. The van der Waals surface area contributed by atoms with Gasteiger partial charge < -0.3 is 10.6 Å². The molecule has 94 valence electrons. The fraction of sp³-hybridized carbons (Fsp3) is 0.667. The van der Waals surface area contributed by atoms with E-state index in [1.54, 1.807) is 0 Å². The van der Waals surface area contributed by atoms with E-state index in [1.165, 1.54) is 24.2 Å². The monoisotopic (exact) mass is 253 g/mol. The number of hydrogen-bond donors (Lipinski definition) is 1. The van der Waals surface area contributed by atoms with Crippen LogP contribution in [0.25, 0.3) is 0 Å². The van der Waals surface area contributed by atoms with Crippen LogP contribution in [-0.2, 0) is 11.2 Å². The number of anilines is 1. The molecule has 4 nitrogen and oxygen atoms in total. The smallest absolute Gasteiger partial charge is 0.228 e. The van der Waals surface area contributed by atoms with Gasteiger partial charge in [0.25, 0.3) is 0 Å². The third-order valence-electron chi connectivity index (χ3n) is 3.28. The first-order chi connectivity index (χ1) is 8.16. The van der Waals surface area contributed by atoms with E-state index in [2.05, 4.69) is 11.9 Å². The van der Waals surface area contributed by atoms with Gasteiger partial charge in [0, 0.05) is 18.0 Å². The minimum Gasteiger partial charge on any atom is -0.375 e. The fourth-order valence-corrected chi connectivity index (χ4v) is 2.87. The number of nitrogens with zero attached hydrogens (tertiary/aromatic N) is 2. The van der Waals surface area contributed by atoms with Gasteiger partial charge in [0.1, 0.15) is 0 Å². The van der Waals surface area contributed by atoms with Crippen LogP contribution in [0.2, 0.25) is 0 Å². The Morgan fingerprint density at radius 2 is 2.41 bits per heavy atom. The fourth-order valence-electron chi connectivity index (χ4n) is 2.31. The van der Waals surface area contributed by atoms with Gasteiger partial charge in [-0.2, -0.15) is 0 Å². The molecule has 17 heavy (non-hydrogen) atoms. The maximum absolute atomic E-state index is 12.2. The summed E-state index contributed by atoms with van der Waals surface area (Å²) in [5, 5.41) is 2.41. The zero-order chi connectivity index (χ0) is 12.3. The Bertz CT molecular complexity index is 391. The third kappa shape index (κ3) is 3.19. The number of thiazole rings is 1. The van der Waals surface area contributed by atoms with E-state index in [1.807, 2.05) is 10.3 Å². The molecule has 5 heteroatoms. The molecule has 1 aromatic rings. The summed E-state index contributed by atoms with van der Waals surface area (Å²) in [7, 11) is 0. The van der Waals surface area contributed by atoms with Crippen molar-refractivity contribution >= 4 is 22.4 Å². The van der Waals surface area contributed by atoms with Crippen LogP contribution in [0, 0.1) is 0 Å². The molecule has 1 atom stereocenters. The normalized spacial score (nSPS) is 21.2. The lowest BCUT2D eigenvalue weighted by Crippen LogP contribution is -2.39. The summed E-state index contributed by atoms with van der Waals surface area (Å²) in [5.74, 6) is 0.185. The first-order valence-corrected chi connectivity index (χ1v) is 7.04. The number of nitrogen functional groups attached to an aromatic ring is 1. The Hall–Kier alpha value is -1.10. The molecule has 1 amide bonds. The standard InChI is InChI=1S/C12H19N3OS/c1-9-5-3-2-4-6-15(9)11(16)7-10-8-17-12(13)14-10/h8-9H,2-7H2,1H3,(H2,13,14). The minimum absolute atomic E-state index is 0.185. The molecule has 1 aromatic heterocycles. The van der Waals surface area contributed by atoms with Gasteiger partial charge in [-0.15, -0.1) is 11.3 Å². The largest absolute Gasteiger partial charge is 0.375 e. The number of nitrogens with two attached hydrogens (primary N) is 1. The highest BCUT2D eigenvalue weighted by Gasteiger charge is 2.22. The van der Waals surface area contributed by atoms with Gasteiger partial charge >= 0.3 is 0 Å². The molecule has 1 unspecified atom stereocenters. The van der Waals surface area contributed by atoms with Crippen LogP contribution in [-0.4, -0.2) is 28.4 Å². The molecule has 0 saturated carbocycles. The van der Waals surface area contributed by atoms with E-state index in [4.69, 9.17) is 5.73 Å². The summed E-state index contributed by atoms with van der Waals surface area (Å²) in [6.45, 7) is 3.03. The van der Waals surface area contributed by atoms with Crippen LogP contribution in [0.15, 0.2) is 5.38 Å². The molecule has 2 rings (SSSR count). The Morgan fingerprint density at radius 1 is 1.59 bits per heavy atom. The van der Waals surface area contributed by atoms with Gasteiger partial charge in [0.2, 0.25) is 5.91 Å². The summed E-state index contributed by atoms with van der Waals surface area (Å²) >= 11 is 1.39. The molecule has 0 radical (unpaired) electrons. The van der Waals surface area contributed by atoms with Crippen molar-refractivity contribution in [2.75, 3.05) is 12.3 Å². The Labute approximate surface area is 106 Å². The quantitative estimate of drug-likeness (QED) is 0.877. The second-order valence-corrected chi connectivity index (χ2v) is 5.53. The SMILES string of the molecule is CC1CCCCCN1C(=O)Cc1csc(N)n1. The van der Waals surface area contributed by atoms with Crippen LogP contribution < -0.4 is 5.73 Å². The average Bonchev–Trinajstić information content (AvgIpc) is 2.57. The van der Waals surface area contributed by atoms with Crippen molar-refractivity contribution in [2.45, 2.75) is 45.1 Å². The lowest BCUT2D eigenvalue weighted by molar-refractivity contribution is -0.132. The second kappa shape index (κ2) is 5.49. The van der Waals surface area contributed by atoms with E-state index in [0.29, 0.717) is 17.6 Å². The summed E-state index contributed by atoms with van der Waals surface area (Å²) < 4.78 is 0. The first kappa shape index (κ1) is 12.4. The molecule has 2 heterocycles. The highest BCUT2D eigenvalue weighted by atomic mass is 32.1. The number of aromatic nitrogens is 1. The first-order valence-electron chi connectivity index (χ1n) is 6.16. The molecule has 0 aromatic carbocycles. The molecular formula is C12H19N3OS. The molecule has 2 N–H and O–H groups in total. The van der Waals surface area contributed by atoms with Crippen molar-refractivity contribution < 1.29 is 4.79 Å². The maximum atomic E-state index is 12.2. The van der Waals surface area contributed by atoms with E-state index in [0.717, 1.165) is 25.1 Å². The Kier molecular flexibility index (Phi) is 3.99. The second-order valence-electron chi connectivity index (χ2n) is 4.64. The van der Waals surface area contributed by atoms with Crippen LogP contribution >= 0.6 is 11.3 Å².